The van der Waals surface area contributed by atoms with Crippen LogP contribution in [0.2, 0.25) is 0 Å². The Bertz CT molecular complexity index is 161. The number of hydrogen-bond acceptors (Lipinski definition) is 1. The van der Waals surface area contributed by atoms with Crippen molar-refractivity contribution in [1.29, 1.82) is 0 Å². The van der Waals surface area contributed by atoms with Crippen LogP contribution in [0.15, 0.2) is 12.2 Å². The Kier molecular flexibility index (Phi) is 7.36. The number of carbonyl (C=O) groups is 1. The molecule has 76 valence electrons. The van der Waals surface area contributed by atoms with Crippen LogP contribution in [-0.2, 0) is 4.79 Å². The second-order valence-corrected chi connectivity index (χ2v) is 3.38. The van der Waals surface area contributed by atoms with Crippen LogP contribution >= 0.6 is 0 Å². The summed E-state index contributed by atoms with van der Waals surface area (Å²) in [5.74, 6) is -0.0769. The molecule has 0 saturated carbocycles. The van der Waals surface area contributed by atoms with Gasteiger partial charge in [0.1, 0.15) is 0 Å². The molecule has 0 saturated heterocycles. The summed E-state index contributed by atoms with van der Waals surface area (Å²) >= 11 is 0. The Balaban J connectivity index is 3.54. The van der Waals surface area contributed by atoms with Gasteiger partial charge in [0.25, 0.3) is 0 Å². The van der Waals surface area contributed by atoms with E-state index in [-0.39, 0.29) is 0 Å². The highest BCUT2D eigenvalue weighted by atomic mass is 16.4. The van der Waals surface area contributed by atoms with Gasteiger partial charge in [0.2, 0.25) is 0 Å². The lowest BCUT2D eigenvalue weighted by Gasteiger charge is -2.11. The van der Waals surface area contributed by atoms with E-state index in [4.69, 9.17) is 5.11 Å². The van der Waals surface area contributed by atoms with Crippen LogP contribution < -0.4 is 0 Å². The minimum Gasteiger partial charge on any atom is -0.478 e. The first-order chi connectivity index (χ1) is 6.20. The van der Waals surface area contributed by atoms with Gasteiger partial charge in [0, 0.05) is 6.08 Å². The monoisotopic (exact) mass is 184 g/mol. The van der Waals surface area contributed by atoms with Crippen LogP contribution in [0.4, 0.5) is 0 Å². The second kappa shape index (κ2) is 7.84. The van der Waals surface area contributed by atoms with E-state index in [1.54, 1.807) is 6.08 Å². The molecule has 2 nitrogen and oxygen atoms in total. The molecule has 0 amide bonds. The van der Waals surface area contributed by atoms with Crippen molar-refractivity contribution < 1.29 is 9.90 Å². The topological polar surface area (TPSA) is 37.3 Å². The van der Waals surface area contributed by atoms with Gasteiger partial charge in [0.15, 0.2) is 0 Å². The van der Waals surface area contributed by atoms with E-state index in [9.17, 15) is 4.79 Å². The molecule has 1 unspecified atom stereocenters. The van der Waals surface area contributed by atoms with Crippen molar-refractivity contribution in [3.8, 4) is 0 Å². The van der Waals surface area contributed by atoms with Crippen LogP contribution in [0.25, 0.3) is 0 Å². The number of rotatable bonds is 7. The number of carboxylic acid groups (broad SMARTS) is 1. The summed E-state index contributed by atoms with van der Waals surface area (Å²) in [6, 6.07) is 0. The molecule has 0 aromatic carbocycles. The molecular weight excluding hydrogens is 164 g/mol. The second-order valence-electron chi connectivity index (χ2n) is 3.38. The summed E-state index contributed by atoms with van der Waals surface area (Å²) in [7, 11) is 0. The van der Waals surface area contributed by atoms with Crippen molar-refractivity contribution in [2.75, 3.05) is 0 Å². The van der Waals surface area contributed by atoms with Crippen LogP contribution in [-0.4, -0.2) is 11.1 Å². The van der Waals surface area contributed by atoms with Crippen molar-refractivity contribution in [2.45, 2.75) is 46.0 Å². The molecule has 0 aliphatic rings. The zero-order chi connectivity index (χ0) is 10.1. The summed E-state index contributed by atoms with van der Waals surface area (Å²) in [5, 5.41) is 8.35. The molecule has 0 fully saturated rings. The predicted octanol–water partition coefficient (Wildman–Crippen LogP) is 3.23. The highest BCUT2D eigenvalue weighted by Crippen LogP contribution is 2.17. The maximum atomic E-state index is 10.2. The Morgan fingerprint density at radius 2 is 2.08 bits per heavy atom. The first-order valence-electron chi connectivity index (χ1n) is 5.10. The Morgan fingerprint density at radius 1 is 1.38 bits per heavy atom. The lowest BCUT2D eigenvalue weighted by atomic mass is 9.95. The van der Waals surface area contributed by atoms with Crippen LogP contribution in [0.3, 0.4) is 0 Å². The minimum atomic E-state index is -0.844. The molecule has 13 heavy (non-hydrogen) atoms. The number of carboxylic acids is 1. The van der Waals surface area contributed by atoms with E-state index in [2.05, 4.69) is 13.8 Å². The fourth-order valence-corrected chi connectivity index (χ4v) is 1.48. The van der Waals surface area contributed by atoms with E-state index >= 15 is 0 Å². The third-order valence-electron chi connectivity index (χ3n) is 2.28. The van der Waals surface area contributed by atoms with Gasteiger partial charge in [0.05, 0.1) is 0 Å². The molecule has 0 spiro atoms. The average Bonchev–Trinajstić information content (AvgIpc) is 2.10. The van der Waals surface area contributed by atoms with Gasteiger partial charge < -0.3 is 5.11 Å². The smallest absolute Gasteiger partial charge is 0.327 e. The van der Waals surface area contributed by atoms with Gasteiger partial charge in [-0.05, 0) is 18.8 Å². The summed E-state index contributed by atoms with van der Waals surface area (Å²) in [6.07, 6.45) is 8.69. The van der Waals surface area contributed by atoms with Crippen molar-refractivity contribution >= 4 is 5.97 Å². The molecule has 2 heteroatoms. The highest BCUT2D eigenvalue weighted by molar-refractivity contribution is 5.79. The molecule has 0 aromatic heterocycles. The normalized spacial score (nSPS) is 13.4. The molecular formula is C11H20O2. The zero-order valence-electron chi connectivity index (χ0n) is 8.62. The molecule has 0 rings (SSSR count). The maximum Gasteiger partial charge on any atom is 0.327 e. The lowest BCUT2D eigenvalue weighted by Crippen LogP contribution is -1.97. The van der Waals surface area contributed by atoms with E-state index in [0.717, 1.165) is 18.8 Å². The number of allylic oxidation sites excluding steroid dienone is 1. The first-order valence-corrected chi connectivity index (χ1v) is 5.10. The van der Waals surface area contributed by atoms with E-state index in [0.29, 0.717) is 0 Å². The van der Waals surface area contributed by atoms with Gasteiger partial charge >= 0.3 is 5.97 Å². The maximum absolute atomic E-state index is 10.2. The van der Waals surface area contributed by atoms with Gasteiger partial charge in [-0.25, -0.2) is 4.79 Å². The highest BCUT2D eigenvalue weighted by Gasteiger charge is 2.02. The average molecular weight is 184 g/mol. The largest absolute Gasteiger partial charge is 0.478 e. The fraction of sp³-hybridized carbons (Fsp3) is 0.727. The Hall–Kier alpha value is -0.790. The SMILES string of the molecule is CCCC(CC)CCC=CC(=O)O. The molecule has 0 bridgehead atoms. The minimum absolute atomic E-state index is 0.767. The van der Waals surface area contributed by atoms with Gasteiger partial charge in [-0.15, -0.1) is 0 Å². The molecule has 0 radical (unpaired) electrons. The lowest BCUT2D eigenvalue weighted by molar-refractivity contribution is -0.131. The molecule has 0 heterocycles. The third kappa shape index (κ3) is 7.57. The third-order valence-corrected chi connectivity index (χ3v) is 2.28. The molecule has 0 aliphatic carbocycles. The van der Waals surface area contributed by atoms with Crippen molar-refractivity contribution in [1.82, 2.24) is 0 Å². The standard InChI is InChI=1S/C11H20O2/c1-3-7-10(4-2)8-5-6-9-11(12)13/h6,9-10H,3-5,7-8H2,1-2H3,(H,12,13). The summed E-state index contributed by atoms with van der Waals surface area (Å²) < 4.78 is 0. The van der Waals surface area contributed by atoms with E-state index < -0.39 is 5.97 Å². The molecule has 0 aromatic rings. The zero-order valence-corrected chi connectivity index (χ0v) is 8.62. The summed E-state index contributed by atoms with van der Waals surface area (Å²) in [4.78, 5) is 10.2. The van der Waals surface area contributed by atoms with Crippen LogP contribution in [0.5, 0.6) is 0 Å². The Morgan fingerprint density at radius 3 is 2.54 bits per heavy atom. The summed E-state index contributed by atoms with van der Waals surface area (Å²) in [6.45, 7) is 4.39. The molecule has 1 N–H and O–H groups in total. The van der Waals surface area contributed by atoms with Gasteiger partial charge in [-0.1, -0.05) is 39.2 Å². The van der Waals surface area contributed by atoms with E-state index in [1.165, 1.54) is 25.3 Å². The van der Waals surface area contributed by atoms with Crippen LogP contribution in [0.1, 0.15) is 46.0 Å². The van der Waals surface area contributed by atoms with Crippen molar-refractivity contribution in [2.24, 2.45) is 5.92 Å². The van der Waals surface area contributed by atoms with E-state index in [1.807, 2.05) is 0 Å². The first kappa shape index (κ1) is 12.2. The number of hydrogen-bond donors (Lipinski definition) is 1. The van der Waals surface area contributed by atoms with Crippen molar-refractivity contribution in [3.05, 3.63) is 12.2 Å². The Labute approximate surface area is 80.7 Å². The summed E-state index contributed by atoms with van der Waals surface area (Å²) in [5.41, 5.74) is 0. The predicted molar refractivity (Wildman–Crippen MR) is 54.7 cm³/mol. The molecule has 1 atom stereocenters. The quantitative estimate of drug-likeness (QED) is 0.617. The number of aliphatic carboxylic acids is 1. The van der Waals surface area contributed by atoms with Gasteiger partial charge in [-0.2, -0.15) is 0 Å². The molecule has 0 aliphatic heterocycles. The fourth-order valence-electron chi connectivity index (χ4n) is 1.48. The van der Waals surface area contributed by atoms with Crippen molar-refractivity contribution in [3.63, 3.8) is 0 Å². The van der Waals surface area contributed by atoms with Crippen LogP contribution in [0, 0.1) is 5.92 Å². The van der Waals surface area contributed by atoms with Gasteiger partial charge in [-0.3, -0.25) is 0 Å².